The molecule has 5 nitrogen and oxygen atoms in total. The molecule has 9 heteroatoms. The summed E-state index contributed by atoms with van der Waals surface area (Å²) < 4.78 is 29.8. The lowest BCUT2D eigenvalue weighted by Crippen LogP contribution is -2.49. The third-order valence-corrected chi connectivity index (χ3v) is 4.83. The third-order valence-electron chi connectivity index (χ3n) is 4.59. The molecular weight excluding hydrogens is 501 g/mol. The van der Waals surface area contributed by atoms with Crippen molar-refractivity contribution in [3.8, 4) is 5.75 Å². The largest absolute Gasteiger partial charge is 0.434 e. The number of rotatable bonds is 7. The van der Waals surface area contributed by atoms with Crippen LogP contribution in [0.3, 0.4) is 0 Å². The van der Waals surface area contributed by atoms with Crippen molar-refractivity contribution in [2.24, 2.45) is 4.99 Å². The van der Waals surface area contributed by atoms with E-state index in [-0.39, 0.29) is 36.3 Å². The van der Waals surface area contributed by atoms with E-state index in [4.69, 9.17) is 11.6 Å². The van der Waals surface area contributed by atoms with E-state index >= 15 is 0 Å². The smallest absolute Gasteiger partial charge is 0.387 e. The number of benzene rings is 1. The van der Waals surface area contributed by atoms with Gasteiger partial charge in [-0.1, -0.05) is 11.6 Å². The van der Waals surface area contributed by atoms with Crippen molar-refractivity contribution in [3.63, 3.8) is 0 Å². The van der Waals surface area contributed by atoms with Gasteiger partial charge in [0, 0.05) is 42.3 Å². The average Bonchev–Trinajstić information content (AvgIpc) is 2.62. The number of hydrogen-bond donors (Lipinski definition) is 2. The van der Waals surface area contributed by atoms with Gasteiger partial charge in [0.2, 0.25) is 0 Å². The molecule has 0 aromatic heterocycles. The van der Waals surface area contributed by atoms with Gasteiger partial charge in [0.05, 0.1) is 6.54 Å². The molecule has 1 heterocycles. The molecule has 1 saturated heterocycles. The molecule has 0 bridgehead atoms. The number of nitrogens with zero attached hydrogens (tertiary/aromatic N) is 2. The number of halogens is 4. The maximum atomic E-state index is 12.6. The van der Waals surface area contributed by atoms with E-state index in [1.54, 1.807) is 6.07 Å². The highest BCUT2D eigenvalue weighted by Crippen LogP contribution is 2.25. The Kier molecular flexibility index (Phi) is 11.4. The number of alkyl halides is 2. The Morgan fingerprint density at radius 1 is 1.32 bits per heavy atom. The van der Waals surface area contributed by atoms with Gasteiger partial charge >= 0.3 is 6.61 Å². The first-order chi connectivity index (χ1) is 12.9. The van der Waals surface area contributed by atoms with Crippen LogP contribution in [0, 0.1) is 0 Å². The first-order valence-corrected chi connectivity index (χ1v) is 9.79. The van der Waals surface area contributed by atoms with Crippen LogP contribution in [0.5, 0.6) is 5.75 Å². The van der Waals surface area contributed by atoms with Gasteiger partial charge in [-0.25, -0.2) is 4.99 Å². The van der Waals surface area contributed by atoms with Crippen LogP contribution < -0.4 is 15.4 Å². The Morgan fingerprint density at radius 3 is 2.57 bits per heavy atom. The summed E-state index contributed by atoms with van der Waals surface area (Å²) in [6.07, 6.45) is 2.08. The summed E-state index contributed by atoms with van der Waals surface area (Å²) in [6.45, 7) is 6.54. The molecule has 2 N–H and O–H groups in total. The predicted molar refractivity (Wildman–Crippen MR) is 121 cm³/mol. The fourth-order valence-corrected chi connectivity index (χ4v) is 3.32. The lowest BCUT2D eigenvalue weighted by molar-refractivity contribution is -0.0504. The summed E-state index contributed by atoms with van der Waals surface area (Å²) >= 11 is 6.00. The molecule has 1 aromatic carbocycles. The highest BCUT2D eigenvalue weighted by atomic mass is 127. The summed E-state index contributed by atoms with van der Waals surface area (Å²) in [7, 11) is 0. The van der Waals surface area contributed by atoms with Gasteiger partial charge in [-0.2, -0.15) is 8.78 Å². The number of likely N-dealkylation sites (tertiary alicyclic amines) is 1. The van der Waals surface area contributed by atoms with Gasteiger partial charge in [-0.15, -0.1) is 24.0 Å². The van der Waals surface area contributed by atoms with E-state index in [9.17, 15) is 8.78 Å². The Hall–Kier alpha value is -0.870. The van der Waals surface area contributed by atoms with Crippen LogP contribution in [0.4, 0.5) is 8.78 Å². The van der Waals surface area contributed by atoms with Gasteiger partial charge in [-0.05, 0) is 51.8 Å². The average molecular weight is 531 g/mol. The molecule has 1 aromatic rings. The molecule has 0 unspecified atom stereocenters. The molecule has 0 atom stereocenters. The quantitative estimate of drug-likeness (QED) is 0.310. The molecule has 1 aliphatic rings. The second-order valence-electron chi connectivity index (χ2n) is 6.87. The molecule has 2 rings (SSSR count). The van der Waals surface area contributed by atoms with Crippen molar-refractivity contribution in [1.29, 1.82) is 0 Å². The summed E-state index contributed by atoms with van der Waals surface area (Å²) in [5.74, 6) is 0.766. The standard InChI is InChI=1S/C19H29ClF2N4O.HI/c1-4-23-19(25-16-7-9-26(10-8-16)13(2)3)24-12-14-11-15(20)5-6-17(14)27-18(21)22;/h5-6,11,13,16,18H,4,7-10,12H2,1-3H3,(H2,23,24,25);1H. The molecule has 0 saturated carbocycles. The fraction of sp³-hybridized carbons (Fsp3) is 0.632. The van der Waals surface area contributed by atoms with E-state index in [1.807, 2.05) is 6.92 Å². The summed E-state index contributed by atoms with van der Waals surface area (Å²) in [5, 5.41) is 7.12. The first-order valence-electron chi connectivity index (χ1n) is 9.41. The van der Waals surface area contributed by atoms with Crippen molar-refractivity contribution in [2.75, 3.05) is 19.6 Å². The maximum absolute atomic E-state index is 12.6. The van der Waals surface area contributed by atoms with Crippen LogP contribution in [-0.2, 0) is 6.54 Å². The number of nitrogens with one attached hydrogen (secondary N) is 2. The fourth-order valence-electron chi connectivity index (χ4n) is 3.12. The highest BCUT2D eigenvalue weighted by Gasteiger charge is 2.21. The van der Waals surface area contributed by atoms with Gasteiger partial charge in [0.1, 0.15) is 5.75 Å². The minimum atomic E-state index is -2.88. The van der Waals surface area contributed by atoms with Gasteiger partial charge < -0.3 is 20.3 Å². The minimum Gasteiger partial charge on any atom is -0.434 e. The maximum Gasteiger partial charge on any atom is 0.387 e. The topological polar surface area (TPSA) is 48.9 Å². The minimum absolute atomic E-state index is 0. The number of guanidine groups is 1. The molecule has 0 aliphatic carbocycles. The lowest BCUT2D eigenvalue weighted by atomic mass is 10.0. The van der Waals surface area contributed by atoms with Crippen molar-refractivity contribution in [3.05, 3.63) is 28.8 Å². The summed E-state index contributed by atoms with van der Waals surface area (Å²) in [6, 6.07) is 5.48. The number of aliphatic imine (C=N–C) groups is 1. The summed E-state index contributed by atoms with van der Waals surface area (Å²) in [5.41, 5.74) is 0.523. The van der Waals surface area contributed by atoms with Crippen molar-refractivity contribution in [1.82, 2.24) is 15.5 Å². The zero-order valence-electron chi connectivity index (χ0n) is 16.6. The Bertz CT molecular complexity index is 626. The number of hydrogen-bond acceptors (Lipinski definition) is 3. The van der Waals surface area contributed by atoms with Gasteiger partial charge in [0.25, 0.3) is 0 Å². The Morgan fingerprint density at radius 2 is 2.00 bits per heavy atom. The molecule has 28 heavy (non-hydrogen) atoms. The zero-order valence-corrected chi connectivity index (χ0v) is 19.6. The number of piperidine rings is 1. The van der Waals surface area contributed by atoms with Crippen LogP contribution in [0.25, 0.3) is 0 Å². The van der Waals surface area contributed by atoms with Gasteiger partial charge in [0.15, 0.2) is 5.96 Å². The number of ether oxygens (including phenoxy) is 1. The van der Waals surface area contributed by atoms with Crippen LogP contribution >= 0.6 is 35.6 Å². The van der Waals surface area contributed by atoms with Crippen molar-refractivity contribution >= 4 is 41.5 Å². The molecule has 0 spiro atoms. The van der Waals surface area contributed by atoms with Crippen LogP contribution in [0.2, 0.25) is 5.02 Å². The molecule has 0 amide bonds. The van der Waals surface area contributed by atoms with Crippen molar-refractivity contribution < 1.29 is 13.5 Å². The van der Waals surface area contributed by atoms with Crippen molar-refractivity contribution in [2.45, 2.75) is 58.9 Å². The van der Waals surface area contributed by atoms with E-state index in [1.165, 1.54) is 12.1 Å². The van der Waals surface area contributed by atoms with E-state index in [0.717, 1.165) is 25.9 Å². The first kappa shape index (κ1) is 25.2. The van der Waals surface area contributed by atoms with Gasteiger partial charge in [-0.3, -0.25) is 0 Å². The summed E-state index contributed by atoms with van der Waals surface area (Å²) in [4.78, 5) is 7.00. The predicted octanol–water partition coefficient (Wildman–Crippen LogP) is 4.49. The second kappa shape index (κ2) is 12.6. The highest BCUT2D eigenvalue weighted by molar-refractivity contribution is 14.0. The lowest BCUT2D eigenvalue weighted by Gasteiger charge is -2.35. The van der Waals surface area contributed by atoms with E-state index < -0.39 is 6.61 Å². The van der Waals surface area contributed by atoms with Crippen LogP contribution in [0.15, 0.2) is 23.2 Å². The van der Waals surface area contributed by atoms with Crippen LogP contribution in [0.1, 0.15) is 39.2 Å². The SMILES string of the molecule is CCNC(=NCc1cc(Cl)ccc1OC(F)F)NC1CCN(C(C)C)CC1.I. The Labute approximate surface area is 188 Å². The molecule has 160 valence electrons. The van der Waals surface area contributed by atoms with E-state index in [0.29, 0.717) is 35.2 Å². The normalized spacial score (nSPS) is 16.2. The molecule has 1 fully saturated rings. The molecular formula is C19H30ClF2IN4O. The molecule has 0 radical (unpaired) electrons. The second-order valence-corrected chi connectivity index (χ2v) is 7.31. The third kappa shape index (κ3) is 8.24. The zero-order chi connectivity index (χ0) is 19.8. The Balaban J connectivity index is 0.00000392. The van der Waals surface area contributed by atoms with Crippen LogP contribution in [-0.4, -0.2) is 49.2 Å². The molecule has 1 aliphatic heterocycles. The monoisotopic (exact) mass is 530 g/mol. The van der Waals surface area contributed by atoms with E-state index in [2.05, 4.69) is 39.1 Å².